The van der Waals surface area contributed by atoms with Gasteiger partial charge in [-0.1, -0.05) is 49.9 Å². The van der Waals surface area contributed by atoms with Crippen molar-refractivity contribution in [3.63, 3.8) is 0 Å². The van der Waals surface area contributed by atoms with Gasteiger partial charge in [0, 0.05) is 22.1 Å². The van der Waals surface area contributed by atoms with Crippen LogP contribution < -0.4 is 10.2 Å². The Bertz CT molecular complexity index is 706. The molecule has 0 saturated carbocycles. The minimum absolute atomic E-state index is 0. The van der Waals surface area contributed by atoms with Crippen LogP contribution in [0.25, 0.3) is 0 Å². The molecule has 0 bridgehead atoms. The van der Waals surface area contributed by atoms with Gasteiger partial charge in [-0.05, 0) is 72.8 Å². The van der Waals surface area contributed by atoms with Crippen LogP contribution in [-0.4, -0.2) is 44.1 Å². The average molecular weight is 513 g/mol. The Balaban J connectivity index is 0.000000747. The maximum Gasteiger partial charge on any atom is 0.108 e. The van der Waals surface area contributed by atoms with E-state index in [2.05, 4.69) is 90.1 Å². The van der Waals surface area contributed by atoms with Crippen LogP contribution in [0.3, 0.4) is 0 Å². The van der Waals surface area contributed by atoms with Crippen LogP contribution in [0.1, 0.15) is 37.5 Å². The fourth-order valence-electron chi connectivity index (χ4n) is 2.21. The lowest BCUT2D eigenvalue weighted by atomic mass is 10.0. The molecule has 0 amide bonds. The summed E-state index contributed by atoms with van der Waals surface area (Å²) in [6.07, 6.45) is -0.932. The molecule has 29 heavy (non-hydrogen) atoms. The van der Waals surface area contributed by atoms with Crippen LogP contribution in [0.4, 0.5) is 0 Å². The number of ether oxygens (including phenoxy) is 1. The van der Waals surface area contributed by atoms with Crippen LogP contribution in [0.15, 0.2) is 54.6 Å². The van der Waals surface area contributed by atoms with Gasteiger partial charge in [0.15, 0.2) is 0 Å². The van der Waals surface area contributed by atoms with Gasteiger partial charge in [0.25, 0.3) is 0 Å². The van der Waals surface area contributed by atoms with Crippen molar-refractivity contribution >= 4 is 34.5 Å². The van der Waals surface area contributed by atoms with E-state index in [1.165, 1.54) is 14.7 Å². The van der Waals surface area contributed by atoms with E-state index in [0.29, 0.717) is 0 Å². The molecule has 2 aromatic carbocycles. The molecule has 0 aliphatic rings. The second-order valence-corrected chi connectivity index (χ2v) is 7.51. The molecule has 1 unspecified atom stereocenters. The van der Waals surface area contributed by atoms with Crippen molar-refractivity contribution in [1.82, 2.24) is 4.90 Å². The predicted molar refractivity (Wildman–Crippen MR) is 118 cm³/mol. The molecule has 0 heterocycles. The number of rotatable bonds is 9. The van der Waals surface area contributed by atoms with Gasteiger partial charge < -0.3 is 29.4 Å². The van der Waals surface area contributed by atoms with Crippen LogP contribution in [0.2, 0.25) is 0 Å². The van der Waals surface area contributed by atoms with Gasteiger partial charge in [-0.3, -0.25) is 0 Å². The van der Waals surface area contributed by atoms with Crippen molar-refractivity contribution in [1.29, 1.82) is 0 Å². The Morgan fingerprint density at radius 3 is 1.86 bits per heavy atom. The van der Waals surface area contributed by atoms with Crippen molar-refractivity contribution < 1.29 is 24.5 Å². The van der Waals surface area contributed by atoms with E-state index >= 15 is 0 Å². The number of nitrogens with zero attached hydrogens (tertiary/aromatic N) is 1. The third-order valence-electron chi connectivity index (χ3n) is 3.63. The summed E-state index contributed by atoms with van der Waals surface area (Å²) in [6.45, 7) is 1.65. The second-order valence-electron chi connectivity index (χ2n) is 6.26. The number of hydrogen-bond acceptors (Lipinski definition) is 6. The van der Waals surface area contributed by atoms with Crippen molar-refractivity contribution in [2.24, 2.45) is 0 Å². The summed E-state index contributed by atoms with van der Waals surface area (Å²) in [7, 11) is 4.12. The number of halogens is 1. The van der Waals surface area contributed by atoms with Crippen molar-refractivity contribution in [2.75, 3.05) is 27.2 Å². The van der Waals surface area contributed by atoms with Gasteiger partial charge in [0.2, 0.25) is 0 Å². The van der Waals surface area contributed by atoms with Gasteiger partial charge in [-0.2, -0.15) is 0 Å². The number of carbonyl (C=O) groups is 2. The Labute approximate surface area is 186 Å². The molecule has 6 nitrogen and oxygen atoms in total. The summed E-state index contributed by atoms with van der Waals surface area (Å²) >= 11 is 2.32. The highest BCUT2D eigenvalue weighted by Crippen LogP contribution is 2.26. The molecule has 0 radical (unpaired) electrons. The minimum atomic E-state index is -1.37. The van der Waals surface area contributed by atoms with Crippen molar-refractivity contribution in [3.8, 4) is 0 Å². The second kappa shape index (κ2) is 14.9. The Morgan fingerprint density at radius 2 is 1.41 bits per heavy atom. The maximum absolute atomic E-state index is 9.50. The fourth-order valence-corrected chi connectivity index (χ4v) is 2.57. The van der Waals surface area contributed by atoms with E-state index in [0.717, 1.165) is 13.2 Å². The van der Waals surface area contributed by atoms with Crippen LogP contribution in [0.5, 0.6) is 0 Å². The molecule has 0 aromatic heterocycles. The fraction of sp³-hybridized carbons (Fsp3) is 0.364. The SMILES string of the molecule is C.CN(C)CCOC(c1ccccc1)c1ccc(I)cc1.O=C([O-])CCC(=O)[O-]. The largest absolute Gasteiger partial charge is 0.550 e. The molecule has 7 heteroatoms. The van der Waals surface area contributed by atoms with E-state index < -0.39 is 24.8 Å². The molecule has 0 fully saturated rings. The zero-order valence-electron chi connectivity index (χ0n) is 16.0. The van der Waals surface area contributed by atoms with Gasteiger partial charge in [-0.15, -0.1) is 0 Å². The van der Waals surface area contributed by atoms with E-state index in [1.807, 2.05) is 6.07 Å². The summed E-state index contributed by atoms with van der Waals surface area (Å²) in [5.74, 6) is -2.73. The molecule has 2 rings (SSSR count). The smallest absolute Gasteiger partial charge is 0.108 e. The molecule has 0 aliphatic carbocycles. The minimum Gasteiger partial charge on any atom is -0.550 e. The number of benzene rings is 2. The summed E-state index contributed by atoms with van der Waals surface area (Å²) in [4.78, 5) is 21.1. The first-order valence-electron chi connectivity index (χ1n) is 8.76. The van der Waals surface area contributed by atoms with Crippen LogP contribution in [0, 0.1) is 3.57 Å². The average Bonchev–Trinajstić information content (AvgIpc) is 2.65. The standard InChI is InChI=1S/C17H20INO.C4H6O4.CH4/c1-19(2)12-13-20-17(14-6-4-3-5-7-14)15-8-10-16(18)11-9-15;5-3(6)1-2-4(7)8;/h3-11,17H,12-13H2,1-2H3;1-2H2,(H,5,6)(H,7,8);1H4/p-2. The first-order chi connectivity index (χ1) is 13.3. The summed E-state index contributed by atoms with van der Waals surface area (Å²) in [6, 6.07) is 19.0. The molecular weight excluding hydrogens is 485 g/mol. The highest BCUT2D eigenvalue weighted by molar-refractivity contribution is 14.1. The van der Waals surface area contributed by atoms with E-state index in [1.54, 1.807) is 0 Å². The lowest BCUT2D eigenvalue weighted by molar-refractivity contribution is -0.315. The number of aliphatic carboxylic acids is 2. The number of carbonyl (C=O) groups excluding carboxylic acids is 2. The van der Waals surface area contributed by atoms with Gasteiger partial charge >= 0.3 is 0 Å². The summed E-state index contributed by atoms with van der Waals surface area (Å²) in [5, 5.41) is 19.0. The lowest BCUT2D eigenvalue weighted by Crippen LogP contribution is -2.27. The van der Waals surface area contributed by atoms with Gasteiger partial charge in [0.1, 0.15) is 6.10 Å². The molecule has 1 atom stereocenters. The van der Waals surface area contributed by atoms with Crippen LogP contribution >= 0.6 is 22.6 Å². The van der Waals surface area contributed by atoms with Crippen LogP contribution in [-0.2, 0) is 14.3 Å². The molecule has 0 N–H and O–H groups in total. The Morgan fingerprint density at radius 1 is 0.931 bits per heavy atom. The van der Waals surface area contributed by atoms with Gasteiger partial charge in [0.05, 0.1) is 6.61 Å². The van der Waals surface area contributed by atoms with Crippen molar-refractivity contribution in [2.45, 2.75) is 26.4 Å². The third kappa shape index (κ3) is 12.2. The molecule has 0 aliphatic heterocycles. The Hall–Kier alpha value is -1.97. The first-order valence-corrected chi connectivity index (χ1v) is 9.84. The molecule has 160 valence electrons. The zero-order chi connectivity index (χ0) is 20.9. The maximum atomic E-state index is 9.50. The number of likely N-dealkylation sites (N-methyl/N-ethyl adjacent to an activating group) is 1. The lowest BCUT2D eigenvalue weighted by Gasteiger charge is -2.20. The third-order valence-corrected chi connectivity index (χ3v) is 4.35. The summed E-state index contributed by atoms with van der Waals surface area (Å²) in [5.41, 5.74) is 2.41. The molecule has 2 aromatic rings. The normalized spacial score (nSPS) is 11.0. The monoisotopic (exact) mass is 513 g/mol. The summed E-state index contributed by atoms with van der Waals surface area (Å²) < 4.78 is 7.36. The Kier molecular flexibility index (Phi) is 13.9. The highest BCUT2D eigenvalue weighted by atomic mass is 127. The van der Waals surface area contributed by atoms with E-state index in [-0.39, 0.29) is 13.5 Å². The number of carboxylic acid groups (broad SMARTS) is 2. The van der Waals surface area contributed by atoms with Crippen molar-refractivity contribution in [3.05, 3.63) is 69.3 Å². The number of hydrogen-bond donors (Lipinski definition) is 0. The number of carboxylic acids is 2. The van der Waals surface area contributed by atoms with Gasteiger partial charge in [-0.25, -0.2) is 0 Å². The molecule has 0 saturated heterocycles. The molecule has 0 spiro atoms. The predicted octanol–water partition coefficient (Wildman–Crippen LogP) is 1.86. The first kappa shape index (κ1) is 27.0. The topological polar surface area (TPSA) is 92.7 Å². The van der Waals surface area contributed by atoms with E-state index in [9.17, 15) is 19.8 Å². The van der Waals surface area contributed by atoms with E-state index in [4.69, 9.17) is 4.74 Å². The zero-order valence-corrected chi connectivity index (χ0v) is 18.1. The quantitative estimate of drug-likeness (QED) is 0.476. The highest BCUT2D eigenvalue weighted by Gasteiger charge is 2.14. The molecular formula is C22H28INO5-2.